The molecule has 170 valence electrons. The number of guanidine groups is 1. The molecule has 7 nitrogen and oxygen atoms in total. The van der Waals surface area contributed by atoms with E-state index in [-0.39, 0.29) is 6.04 Å². The van der Waals surface area contributed by atoms with Gasteiger partial charge in [0.1, 0.15) is 0 Å². The molecule has 0 saturated carbocycles. The minimum absolute atomic E-state index is 0.0388. The van der Waals surface area contributed by atoms with Crippen LogP contribution in [0.4, 0.5) is 0 Å². The minimum atomic E-state index is 0.0388. The van der Waals surface area contributed by atoms with E-state index in [9.17, 15) is 0 Å². The smallest absolute Gasteiger partial charge is 0.191 e. The predicted octanol–water partition coefficient (Wildman–Crippen LogP) is 4.16. The van der Waals surface area contributed by atoms with Crippen LogP contribution in [0.5, 0.6) is 11.5 Å². The van der Waals surface area contributed by atoms with E-state index in [0.29, 0.717) is 19.8 Å². The van der Waals surface area contributed by atoms with Crippen LogP contribution < -0.4 is 20.1 Å². The van der Waals surface area contributed by atoms with Gasteiger partial charge in [-0.3, -0.25) is 9.67 Å². The van der Waals surface area contributed by atoms with Crippen molar-refractivity contribution >= 4 is 5.96 Å². The van der Waals surface area contributed by atoms with Crippen molar-refractivity contribution in [2.45, 2.75) is 39.9 Å². The van der Waals surface area contributed by atoms with Crippen molar-refractivity contribution in [2.24, 2.45) is 4.99 Å². The van der Waals surface area contributed by atoms with Gasteiger partial charge in [0, 0.05) is 25.4 Å². The normalized spacial score (nSPS) is 12.3. The molecule has 0 bridgehead atoms. The molecule has 0 radical (unpaired) electrons. The summed E-state index contributed by atoms with van der Waals surface area (Å²) in [6.45, 7) is 8.61. The molecule has 0 aliphatic carbocycles. The number of hydrogen-bond acceptors (Lipinski definition) is 4. The average Bonchev–Trinajstić information content (AvgIpc) is 3.25. The number of hydrogen-bond donors (Lipinski definition) is 2. The Morgan fingerprint density at radius 2 is 1.78 bits per heavy atom. The molecule has 1 unspecified atom stereocenters. The molecule has 2 aromatic carbocycles. The van der Waals surface area contributed by atoms with Crippen molar-refractivity contribution in [3.8, 4) is 11.5 Å². The van der Waals surface area contributed by atoms with Gasteiger partial charge in [-0.1, -0.05) is 36.4 Å². The van der Waals surface area contributed by atoms with Crippen LogP contribution in [-0.2, 0) is 13.1 Å². The van der Waals surface area contributed by atoms with Gasteiger partial charge < -0.3 is 20.1 Å². The first kappa shape index (κ1) is 23.2. The molecule has 1 atom stereocenters. The Balaban J connectivity index is 1.57. The Kier molecular flexibility index (Phi) is 8.54. The van der Waals surface area contributed by atoms with Crippen LogP contribution in [0.1, 0.15) is 43.5 Å². The van der Waals surface area contributed by atoms with E-state index in [4.69, 9.17) is 9.47 Å². The molecule has 0 saturated heterocycles. The lowest BCUT2D eigenvalue weighted by molar-refractivity contribution is 0.287. The summed E-state index contributed by atoms with van der Waals surface area (Å²) in [4.78, 5) is 4.36. The van der Waals surface area contributed by atoms with Gasteiger partial charge >= 0.3 is 0 Å². The van der Waals surface area contributed by atoms with Gasteiger partial charge in [0.15, 0.2) is 17.5 Å². The van der Waals surface area contributed by atoms with Gasteiger partial charge in [0.2, 0.25) is 0 Å². The number of ether oxygens (including phenoxy) is 2. The van der Waals surface area contributed by atoms with Crippen molar-refractivity contribution < 1.29 is 9.47 Å². The minimum Gasteiger partial charge on any atom is -0.490 e. The van der Waals surface area contributed by atoms with E-state index in [0.717, 1.165) is 35.1 Å². The lowest BCUT2D eigenvalue weighted by Gasteiger charge is -2.20. The lowest BCUT2D eigenvalue weighted by Crippen LogP contribution is -2.38. The van der Waals surface area contributed by atoms with E-state index in [1.165, 1.54) is 5.56 Å². The van der Waals surface area contributed by atoms with Gasteiger partial charge in [0.25, 0.3) is 0 Å². The summed E-state index contributed by atoms with van der Waals surface area (Å²) in [6.07, 6.45) is 3.94. The SMILES string of the molecule is CCOc1ccc(C(C)NC(=NC)NCc2cnn(Cc3ccccc3)c2)cc1OCC. The predicted molar refractivity (Wildman–Crippen MR) is 128 cm³/mol. The van der Waals surface area contributed by atoms with Crippen molar-refractivity contribution in [1.82, 2.24) is 20.4 Å². The summed E-state index contributed by atoms with van der Waals surface area (Å²) >= 11 is 0. The van der Waals surface area contributed by atoms with Crippen LogP contribution >= 0.6 is 0 Å². The number of aromatic nitrogens is 2. The van der Waals surface area contributed by atoms with E-state index < -0.39 is 0 Å². The van der Waals surface area contributed by atoms with Crippen LogP contribution in [0.15, 0.2) is 65.9 Å². The van der Waals surface area contributed by atoms with Gasteiger partial charge in [0.05, 0.1) is 32.0 Å². The topological polar surface area (TPSA) is 72.7 Å². The third-order valence-electron chi connectivity index (χ3n) is 4.98. The summed E-state index contributed by atoms with van der Waals surface area (Å²) in [7, 11) is 1.77. The maximum atomic E-state index is 5.75. The highest BCUT2D eigenvalue weighted by Gasteiger charge is 2.12. The van der Waals surface area contributed by atoms with E-state index in [2.05, 4.69) is 46.0 Å². The number of benzene rings is 2. The quantitative estimate of drug-likeness (QED) is 0.370. The van der Waals surface area contributed by atoms with Gasteiger partial charge in [-0.15, -0.1) is 0 Å². The molecule has 0 spiro atoms. The molecular formula is C25H33N5O2. The molecule has 3 rings (SSSR count). The third kappa shape index (κ3) is 6.51. The van der Waals surface area contributed by atoms with Crippen molar-refractivity contribution in [3.63, 3.8) is 0 Å². The number of rotatable bonds is 10. The summed E-state index contributed by atoms with van der Waals surface area (Å²) < 4.78 is 13.4. The number of nitrogens with zero attached hydrogens (tertiary/aromatic N) is 3. The zero-order valence-electron chi connectivity index (χ0n) is 19.3. The van der Waals surface area contributed by atoms with Crippen LogP contribution in [-0.4, -0.2) is 36.0 Å². The summed E-state index contributed by atoms with van der Waals surface area (Å²) in [5.74, 6) is 2.25. The number of nitrogens with one attached hydrogen (secondary N) is 2. The molecule has 0 aliphatic heterocycles. The second-order valence-corrected chi connectivity index (χ2v) is 7.40. The molecule has 0 amide bonds. The second-order valence-electron chi connectivity index (χ2n) is 7.40. The fourth-order valence-corrected chi connectivity index (χ4v) is 3.36. The zero-order chi connectivity index (χ0) is 22.8. The molecule has 32 heavy (non-hydrogen) atoms. The maximum absolute atomic E-state index is 5.75. The Morgan fingerprint density at radius 1 is 1.03 bits per heavy atom. The third-order valence-corrected chi connectivity index (χ3v) is 4.98. The first-order valence-corrected chi connectivity index (χ1v) is 11.0. The fraction of sp³-hybridized carbons (Fsp3) is 0.360. The van der Waals surface area contributed by atoms with Gasteiger partial charge in [-0.2, -0.15) is 5.10 Å². The summed E-state index contributed by atoms with van der Waals surface area (Å²) in [5.41, 5.74) is 3.41. The summed E-state index contributed by atoms with van der Waals surface area (Å²) in [6, 6.07) is 16.4. The van der Waals surface area contributed by atoms with Crippen LogP contribution in [0.3, 0.4) is 0 Å². The molecule has 1 aromatic heterocycles. The zero-order valence-corrected chi connectivity index (χ0v) is 19.3. The van der Waals surface area contributed by atoms with E-state index in [1.54, 1.807) is 7.05 Å². The average molecular weight is 436 g/mol. The highest BCUT2D eigenvalue weighted by Crippen LogP contribution is 2.30. The second kappa shape index (κ2) is 11.8. The highest BCUT2D eigenvalue weighted by atomic mass is 16.5. The van der Waals surface area contributed by atoms with Crippen molar-refractivity contribution in [1.29, 1.82) is 0 Å². The van der Waals surface area contributed by atoms with Crippen LogP contribution in [0.2, 0.25) is 0 Å². The molecule has 3 aromatic rings. The maximum Gasteiger partial charge on any atom is 0.191 e. The Bertz CT molecular complexity index is 1000. The monoisotopic (exact) mass is 435 g/mol. The standard InChI is InChI=1S/C25H33N5O2/c1-5-31-23-13-12-22(14-24(23)32-6-2)19(3)29-25(26-4)27-15-21-16-28-30(18-21)17-20-10-8-7-9-11-20/h7-14,16,18-19H,5-6,15,17H2,1-4H3,(H2,26,27,29). The van der Waals surface area contributed by atoms with Crippen LogP contribution in [0.25, 0.3) is 0 Å². The Morgan fingerprint density at radius 3 is 2.50 bits per heavy atom. The van der Waals surface area contributed by atoms with E-state index >= 15 is 0 Å². The molecule has 7 heteroatoms. The first-order chi connectivity index (χ1) is 15.6. The highest BCUT2D eigenvalue weighted by molar-refractivity contribution is 5.80. The molecule has 2 N–H and O–H groups in total. The molecule has 0 fully saturated rings. The molecular weight excluding hydrogens is 402 g/mol. The molecule has 0 aliphatic rings. The van der Waals surface area contributed by atoms with Crippen molar-refractivity contribution in [3.05, 3.63) is 77.6 Å². The van der Waals surface area contributed by atoms with Crippen LogP contribution in [0, 0.1) is 0 Å². The summed E-state index contributed by atoms with van der Waals surface area (Å²) in [5, 5.41) is 11.3. The number of aliphatic imine (C=N–C) groups is 1. The Hall–Kier alpha value is -3.48. The first-order valence-electron chi connectivity index (χ1n) is 11.0. The fourth-order valence-electron chi connectivity index (χ4n) is 3.36. The molecule has 1 heterocycles. The van der Waals surface area contributed by atoms with Crippen molar-refractivity contribution in [2.75, 3.05) is 20.3 Å². The van der Waals surface area contributed by atoms with Gasteiger partial charge in [-0.05, 0) is 44.0 Å². The Labute approximate surface area is 190 Å². The van der Waals surface area contributed by atoms with Gasteiger partial charge in [-0.25, -0.2) is 0 Å². The lowest BCUT2D eigenvalue weighted by atomic mass is 10.1. The van der Waals surface area contributed by atoms with E-state index in [1.807, 2.05) is 61.1 Å². The largest absolute Gasteiger partial charge is 0.490 e.